The van der Waals surface area contributed by atoms with Crippen LogP contribution in [0.4, 0.5) is 4.79 Å². The Balaban J connectivity index is 0. The van der Waals surface area contributed by atoms with Crippen LogP contribution in [-0.2, 0) is 14.3 Å². The molecule has 6 heteroatoms. The van der Waals surface area contributed by atoms with Crippen LogP contribution in [0.2, 0.25) is 0 Å². The minimum Gasteiger partial charge on any atom is -0.444 e. The first-order chi connectivity index (χ1) is 8.45. The number of rotatable bonds is 3. The van der Waals surface area contributed by atoms with Crippen molar-refractivity contribution in [2.45, 2.75) is 59.6 Å². The molecule has 0 rings (SSSR count). The largest absolute Gasteiger partial charge is 0.444 e. The number of amides is 1. The summed E-state index contributed by atoms with van der Waals surface area (Å²) in [7, 11) is 0. The second-order valence-corrected chi connectivity index (χ2v) is 6.37. The van der Waals surface area contributed by atoms with E-state index < -0.39 is 11.7 Å². The number of carbonyl (C=O) groups excluding carboxylic acids is 3. The van der Waals surface area contributed by atoms with Crippen molar-refractivity contribution in [1.29, 1.82) is 0 Å². The summed E-state index contributed by atoms with van der Waals surface area (Å²) >= 11 is 0. The molecule has 1 atom stereocenters. The van der Waals surface area contributed by atoms with E-state index in [4.69, 9.17) is 19.4 Å². The Hall–Kier alpha value is -1.39. The molecule has 0 aliphatic rings. The van der Waals surface area contributed by atoms with Gasteiger partial charge in [0.15, 0.2) is 0 Å². The number of carbonyl (C=O) groups is 1. The highest BCUT2D eigenvalue weighted by atomic mass is 16.6. The van der Waals surface area contributed by atoms with Crippen LogP contribution in [0.15, 0.2) is 0 Å². The first-order valence-electron chi connectivity index (χ1n) is 6.05. The molecular weight excluding hydrogens is 250 g/mol. The monoisotopic (exact) mass is 275 g/mol. The van der Waals surface area contributed by atoms with Gasteiger partial charge < -0.3 is 15.2 Å². The Morgan fingerprint density at radius 1 is 1.21 bits per heavy atom. The lowest BCUT2D eigenvalue weighted by molar-refractivity contribution is -0.191. The van der Waals surface area contributed by atoms with Crippen LogP contribution in [-0.4, -0.2) is 35.6 Å². The van der Waals surface area contributed by atoms with Gasteiger partial charge in [-0.2, -0.15) is 9.59 Å². The Labute approximate surface area is 114 Å². The zero-order chi connectivity index (χ0) is 15.7. The molecule has 19 heavy (non-hydrogen) atoms. The molecule has 0 saturated heterocycles. The molecular formula is C13H25NO5. The van der Waals surface area contributed by atoms with Crippen molar-refractivity contribution in [2.75, 3.05) is 6.61 Å². The Bertz CT molecular complexity index is 295. The van der Waals surface area contributed by atoms with Crippen molar-refractivity contribution in [3.05, 3.63) is 0 Å². The predicted molar refractivity (Wildman–Crippen MR) is 69.3 cm³/mol. The van der Waals surface area contributed by atoms with E-state index in [0.29, 0.717) is 6.42 Å². The minimum absolute atomic E-state index is 0.0579. The van der Waals surface area contributed by atoms with Gasteiger partial charge in [0.05, 0.1) is 12.6 Å². The quantitative estimate of drug-likeness (QED) is 0.818. The minimum atomic E-state index is -0.508. The molecule has 2 N–H and O–H groups in total. The Morgan fingerprint density at radius 2 is 1.63 bits per heavy atom. The van der Waals surface area contributed by atoms with Gasteiger partial charge in [-0.3, -0.25) is 0 Å². The highest BCUT2D eigenvalue weighted by Gasteiger charge is 2.22. The van der Waals surface area contributed by atoms with E-state index >= 15 is 0 Å². The summed E-state index contributed by atoms with van der Waals surface area (Å²) in [6, 6.07) is -0.255. The number of ether oxygens (including phenoxy) is 1. The maximum atomic E-state index is 11.5. The summed E-state index contributed by atoms with van der Waals surface area (Å²) in [5.74, 6) is 0. The zero-order valence-electron chi connectivity index (χ0n) is 12.6. The second-order valence-electron chi connectivity index (χ2n) is 6.37. The zero-order valence-corrected chi connectivity index (χ0v) is 12.6. The Morgan fingerprint density at radius 3 is 1.89 bits per heavy atom. The lowest BCUT2D eigenvalue weighted by atomic mass is 9.88. The molecule has 0 heterocycles. The number of hydrogen-bond donors (Lipinski definition) is 2. The molecule has 0 aliphatic heterocycles. The average Bonchev–Trinajstić information content (AvgIpc) is 2.12. The number of nitrogens with one attached hydrogen (secondary N) is 1. The van der Waals surface area contributed by atoms with E-state index in [2.05, 4.69) is 26.1 Å². The molecule has 1 amide bonds. The van der Waals surface area contributed by atoms with E-state index in [-0.39, 0.29) is 24.2 Å². The number of hydrogen-bond acceptors (Lipinski definition) is 5. The molecule has 0 unspecified atom stereocenters. The normalized spacial score (nSPS) is 12.6. The SMILES string of the molecule is CC(C)(C)C[C@@H](CO)NC(=O)OC(C)(C)C.O=C=O. The van der Waals surface area contributed by atoms with Gasteiger partial charge in [-0.05, 0) is 32.6 Å². The van der Waals surface area contributed by atoms with Crippen molar-refractivity contribution in [2.24, 2.45) is 5.41 Å². The molecule has 0 aromatic heterocycles. The van der Waals surface area contributed by atoms with Crippen molar-refractivity contribution in [3.8, 4) is 0 Å². The highest BCUT2D eigenvalue weighted by Crippen LogP contribution is 2.20. The van der Waals surface area contributed by atoms with Crippen LogP contribution < -0.4 is 5.32 Å². The summed E-state index contributed by atoms with van der Waals surface area (Å²) in [6.07, 6.45) is 0.485. The topological polar surface area (TPSA) is 92.7 Å². The summed E-state index contributed by atoms with van der Waals surface area (Å²) in [4.78, 5) is 27.7. The molecule has 0 aliphatic carbocycles. The highest BCUT2D eigenvalue weighted by molar-refractivity contribution is 5.68. The third kappa shape index (κ3) is 16.6. The molecule has 0 spiro atoms. The predicted octanol–water partition coefficient (Wildman–Crippen LogP) is 1.72. The number of aliphatic hydroxyl groups excluding tert-OH is 1. The maximum absolute atomic E-state index is 11.5. The van der Waals surface area contributed by atoms with Gasteiger partial charge in [-0.25, -0.2) is 4.79 Å². The van der Waals surface area contributed by atoms with Crippen molar-refractivity contribution in [3.63, 3.8) is 0 Å². The molecule has 112 valence electrons. The van der Waals surface area contributed by atoms with Gasteiger partial charge in [0, 0.05) is 0 Å². The molecule has 6 nitrogen and oxygen atoms in total. The Kier molecular flexibility index (Phi) is 9.10. The standard InChI is InChI=1S/C12H25NO3.CO2/c1-11(2,3)7-9(8-14)13-10(15)16-12(4,5)6;2-1-3/h9,14H,7-8H2,1-6H3,(H,13,15);/t9-;/m0./s1. The fraction of sp³-hybridized carbons (Fsp3) is 0.846. The van der Waals surface area contributed by atoms with Gasteiger partial charge in [0.1, 0.15) is 5.60 Å². The first-order valence-corrected chi connectivity index (χ1v) is 6.05. The molecule has 0 fully saturated rings. The van der Waals surface area contributed by atoms with Crippen LogP contribution in [0.1, 0.15) is 48.0 Å². The number of alkyl carbamates (subject to hydrolysis) is 1. The third-order valence-corrected chi connectivity index (χ3v) is 1.80. The van der Waals surface area contributed by atoms with Crippen molar-refractivity contribution in [1.82, 2.24) is 5.32 Å². The van der Waals surface area contributed by atoms with E-state index in [1.165, 1.54) is 0 Å². The fourth-order valence-corrected chi connectivity index (χ4v) is 1.37. The lowest BCUT2D eigenvalue weighted by Crippen LogP contribution is -2.42. The molecule has 0 aromatic carbocycles. The van der Waals surface area contributed by atoms with Crippen LogP contribution in [0.25, 0.3) is 0 Å². The molecule has 0 bridgehead atoms. The van der Waals surface area contributed by atoms with Gasteiger partial charge in [0.2, 0.25) is 0 Å². The smallest absolute Gasteiger partial charge is 0.407 e. The van der Waals surface area contributed by atoms with Crippen LogP contribution >= 0.6 is 0 Å². The van der Waals surface area contributed by atoms with E-state index in [1.54, 1.807) is 0 Å². The molecule has 0 radical (unpaired) electrons. The first kappa shape index (κ1) is 19.9. The van der Waals surface area contributed by atoms with Gasteiger partial charge in [0.25, 0.3) is 0 Å². The van der Waals surface area contributed by atoms with Crippen molar-refractivity contribution < 1.29 is 24.2 Å². The van der Waals surface area contributed by atoms with Crippen LogP contribution in [0, 0.1) is 5.41 Å². The average molecular weight is 275 g/mol. The maximum Gasteiger partial charge on any atom is 0.407 e. The van der Waals surface area contributed by atoms with E-state index in [0.717, 1.165) is 0 Å². The van der Waals surface area contributed by atoms with Crippen molar-refractivity contribution >= 4 is 12.2 Å². The molecule has 0 saturated carbocycles. The number of aliphatic hydroxyl groups is 1. The lowest BCUT2D eigenvalue weighted by Gasteiger charge is -2.27. The van der Waals surface area contributed by atoms with Gasteiger partial charge >= 0.3 is 12.2 Å². The second kappa shape index (κ2) is 8.67. The molecule has 0 aromatic rings. The summed E-state index contributed by atoms with van der Waals surface area (Å²) in [5.41, 5.74) is -0.450. The van der Waals surface area contributed by atoms with E-state index in [1.807, 2.05) is 20.8 Å². The van der Waals surface area contributed by atoms with Crippen LogP contribution in [0.5, 0.6) is 0 Å². The van der Waals surface area contributed by atoms with Gasteiger partial charge in [-0.15, -0.1) is 0 Å². The van der Waals surface area contributed by atoms with Crippen LogP contribution in [0.3, 0.4) is 0 Å². The van der Waals surface area contributed by atoms with E-state index in [9.17, 15) is 4.79 Å². The third-order valence-electron chi connectivity index (χ3n) is 1.80. The fourth-order valence-electron chi connectivity index (χ4n) is 1.37. The van der Waals surface area contributed by atoms with Gasteiger partial charge in [-0.1, -0.05) is 20.8 Å². The summed E-state index contributed by atoms with van der Waals surface area (Å²) in [6.45, 7) is 11.5. The summed E-state index contributed by atoms with van der Waals surface area (Å²) < 4.78 is 5.12. The summed E-state index contributed by atoms with van der Waals surface area (Å²) in [5, 5.41) is 11.8.